The number of amidine groups is 1. The Labute approximate surface area is 120 Å². The zero-order valence-corrected chi connectivity index (χ0v) is 11.9. The van der Waals surface area contributed by atoms with Crippen LogP contribution in [0.2, 0.25) is 0 Å². The van der Waals surface area contributed by atoms with E-state index in [0.29, 0.717) is 12.3 Å². The molecule has 20 heavy (non-hydrogen) atoms. The molecule has 3 N–H and O–H groups in total. The molecule has 0 saturated carbocycles. The third-order valence-corrected chi connectivity index (χ3v) is 3.78. The first-order valence-corrected chi connectivity index (χ1v) is 7.28. The number of nitrogens with two attached hydrogens (primary N) is 1. The fourth-order valence-corrected chi connectivity index (χ4v) is 2.56. The summed E-state index contributed by atoms with van der Waals surface area (Å²) in [5.41, 5.74) is 6.77. The van der Waals surface area contributed by atoms with Gasteiger partial charge in [-0.05, 0) is 31.5 Å². The van der Waals surface area contributed by atoms with Crippen LogP contribution in [0.5, 0.6) is 0 Å². The molecular formula is C15H24N4O. The number of para-hydroxylation sites is 1. The summed E-state index contributed by atoms with van der Waals surface area (Å²) < 4.78 is 0. The van der Waals surface area contributed by atoms with Gasteiger partial charge in [0.05, 0.1) is 0 Å². The van der Waals surface area contributed by atoms with Crippen molar-refractivity contribution in [3.8, 4) is 0 Å². The van der Waals surface area contributed by atoms with Crippen LogP contribution < -0.4 is 10.6 Å². The Morgan fingerprint density at radius 2 is 1.80 bits per heavy atom. The normalized spacial score (nSPS) is 17.4. The fourth-order valence-electron chi connectivity index (χ4n) is 2.56. The van der Waals surface area contributed by atoms with Gasteiger partial charge < -0.3 is 15.8 Å². The molecule has 0 radical (unpaired) electrons. The van der Waals surface area contributed by atoms with Crippen LogP contribution in [-0.4, -0.2) is 48.7 Å². The first-order chi connectivity index (χ1) is 9.79. The molecule has 1 aromatic carbocycles. The van der Waals surface area contributed by atoms with Crippen LogP contribution in [0, 0.1) is 0 Å². The van der Waals surface area contributed by atoms with Gasteiger partial charge in [-0.3, -0.25) is 4.90 Å². The molecule has 2 rings (SSSR count). The van der Waals surface area contributed by atoms with Gasteiger partial charge in [0.25, 0.3) is 0 Å². The van der Waals surface area contributed by atoms with Crippen molar-refractivity contribution in [1.82, 2.24) is 4.90 Å². The Morgan fingerprint density at radius 1 is 1.10 bits per heavy atom. The zero-order valence-electron chi connectivity index (χ0n) is 11.9. The molecule has 5 heteroatoms. The lowest BCUT2D eigenvalue weighted by Crippen LogP contribution is -2.46. The van der Waals surface area contributed by atoms with Crippen LogP contribution in [0.4, 0.5) is 5.69 Å². The summed E-state index contributed by atoms with van der Waals surface area (Å²) in [6, 6.07) is 10.6. The van der Waals surface area contributed by atoms with E-state index < -0.39 is 0 Å². The highest BCUT2D eigenvalue weighted by Crippen LogP contribution is 2.15. The molecule has 1 heterocycles. The van der Waals surface area contributed by atoms with Gasteiger partial charge in [-0.25, -0.2) is 0 Å². The van der Waals surface area contributed by atoms with E-state index in [2.05, 4.69) is 45.3 Å². The van der Waals surface area contributed by atoms with Crippen molar-refractivity contribution in [2.75, 3.05) is 37.6 Å². The number of rotatable bonds is 6. The second-order valence-corrected chi connectivity index (χ2v) is 5.21. The van der Waals surface area contributed by atoms with Gasteiger partial charge >= 0.3 is 0 Å². The molecule has 1 fully saturated rings. The lowest BCUT2D eigenvalue weighted by Gasteiger charge is -2.36. The quantitative estimate of drug-likeness (QED) is 0.273. The number of benzene rings is 1. The molecule has 1 aliphatic rings. The van der Waals surface area contributed by atoms with Crippen molar-refractivity contribution in [2.24, 2.45) is 10.9 Å². The van der Waals surface area contributed by atoms with Crippen molar-refractivity contribution in [3.05, 3.63) is 30.3 Å². The molecule has 1 aromatic rings. The maximum atomic E-state index is 8.47. The van der Waals surface area contributed by atoms with Gasteiger partial charge in [-0.1, -0.05) is 23.4 Å². The van der Waals surface area contributed by atoms with Gasteiger partial charge in [0.1, 0.15) is 5.84 Å². The number of hydrogen-bond acceptors (Lipinski definition) is 4. The minimum absolute atomic E-state index is 0.332. The van der Waals surface area contributed by atoms with Crippen molar-refractivity contribution >= 4 is 11.5 Å². The van der Waals surface area contributed by atoms with E-state index in [1.54, 1.807) is 0 Å². The SMILES string of the molecule is NC(CCCCN1CCN(c2ccccc2)CC1)=NO. The molecule has 0 unspecified atom stereocenters. The highest BCUT2D eigenvalue weighted by molar-refractivity contribution is 5.79. The molecule has 5 nitrogen and oxygen atoms in total. The van der Waals surface area contributed by atoms with E-state index in [-0.39, 0.29) is 0 Å². The second kappa shape index (κ2) is 7.75. The van der Waals surface area contributed by atoms with E-state index in [1.807, 2.05) is 0 Å². The van der Waals surface area contributed by atoms with Gasteiger partial charge in [-0.2, -0.15) is 0 Å². The molecule has 1 saturated heterocycles. The second-order valence-electron chi connectivity index (χ2n) is 5.21. The Kier molecular flexibility index (Phi) is 5.68. The maximum Gasteiger partial charge on any atom is 0.139 e. The number of oxime groups is 1. The zero-order chi connectivity index (χ0) is 14.2. The van der Waals surface area contributed by atoms with E-state index in [4.69, 9.17) is 10.9 Å². The smallest absolute Gasteiger partial charge is 0.139 e. The van der Waals surface area contributed by atoms with Crippen LogP contribution >= 0.6 is 0 Å². The molecular weight excluding hydrogens is 252 g/mol. The minimum Gasteiger partial charge on any atom is -0.409 e. The van der Waals surface area contributed by atoms with Gasteiger partial charge in [0.15, 0.2) is 0 Å². The number of unbranched alkanes of at least 4 members (excludes halogenated alkanes) is 1. The van der Waals surface area contributed by atoms with Crippen molar-refractivity contribution < 1.29 is 5.21 Å². The average Bonchev–Trinajstić information content (AvgIpc) is 2.52. The van der Waals surface area contributed by atoms with Gasteiger partial charge in [-0.15, -0.1) is 0 Å². The first-order valence-electron chi connectivity index (χ1n) is 7.28. The van der Waals surface area contributed by atoms with Crippen molar-refractivity contribution in [1.29, 1.82) is 0 Å². The monoisotopic (exact) mass is 276 g/mol. The molecule has 110 valence electrons. The lowest BCUT2D eigenvalue weighted by molar-refractivity contribution is 0.253. The number of hydrogen-bond donors (Lipinski definition) is 2. The summed E-state index contributed by atoms with van der Waals surface area (Å²) in [7, 11) is 0. The van der Waals surface area contributed by atoms with Crippen LogP contribution in [0.1, 0.15) is 19.3 Å². The van der Waals surface area contributed by atoms with Gasteiger partial charge in [0.2, 0.25) is 0 Å². The predicted molar refractivity (Wildman–Crippen MR) is 82.4 cm³/mol. The van der Waals surface area contributed by atoms with E-state index in [9.17, 15) is 0 Å². The predicted octanol–water partition coefficient (Wildman–Crippen LogP) is 1.73. The molecule has 0 bridgehead atoms. The first kappa shape index (κ1) is 14.7. The Morgan fingerprint density at radius 3 is 2.45 bits per heavy atom. The highest BCUT2D eigenvalue weighted by Gasteiger charge is 2.16. The molecule has 0 aliphatic carbocycles. The summed E-state index contributed by atoms with van der Waals surface area (Å²) >= 11 is 0. The third-order valence-electron chi connectivity index (χ3n) is 3.78. The number of piperazine rings is 1. The molecule has 1 aliphatic heterocycles. The van der Waals surface area contributed by atoms with E-state index >= 15 is 0 Å². The molecule has 0 spiro atoms. The van der Waals surface area contributed by atoms with Crippen molar-refractivity contribution in [3.63, 3.8) is 0 Å². The maximum absolute atomic E-state index is 8.47. The standard InChI is InChI=1S/C15H24N4O/c16-15(17-20)8-4-5-9-18-10-12-19(13-11-18)14-6-2-1-3-7-14/h1-3,6-7,20H,4-5,8-13H2,(H2,16,17). The molecule has 0 atom stereocenters. The topological polar surface area (TPSA) is 65.1 Å². The largest absolute Gasteiger partial charge is 0.409 e. The summed E-state index contributed by atoms with van der Waals surface area (Å²) in [6.07, 6.45) is 2.76. The lowest BCUT2D eigenvalue weighted by atomic mass is 10.2. The number of nitrogens with zero attached hydrogens (tertiary/aromatic N) is 3. The average molecular weight is 276 g/mol. The summed E-state index contributed by atoms with van der Waals surface area (Å²) in [5.74, 6) is 0.332. The van der Waals surface area contributed by atoms with Crippen LogP contribution in [-0.2, 0) is 0 Å². The van der Waals surface area contributed by atoms with Crippen LogP contribution in [0.15, 0.2) is 35.5 Å². The van der Waals surface area contributed by atoms with E-state index in [1.165, 1.54) is 5.69 Å². The Bertz CT molecular complexity index is 413. The van der Waals surface area contributed by atoms with E-state index in [0.717, 1.165) is 45.6 Å². The Hall–Kier alpha value is -1.75. The van der Waals surface area contributed by atoms with Crippen LogP contribution in [0.25, 0.3) is 0 Å². The molecule has 0 amide bonds. The van der Waals surface area contributed by atoms with Gasteiger partial charge in [0, 0.05) is 38.3 Å². The van der Waals surface area contributed by atoms with Crippen LogP contribution in [0.3, 0.4) is 0 Å². The minimum atomic E-state index is 0.332. The third kappa shape index (κ3) is 4.42. The van der Waals surface area contributed by atoms with Crippen molar-refractivity contribution in [2.45, 2.75) is 19.3 Å². The summed E-state index contributed by atoms with van der Waals surface area (Å²) in [6.45, 7) is 5.49. The highest BCUT2D eigenvalue weighted by atomic mass is 16.4. The molecule has 0 aromatic heterocycles. The number of anilines is 1. The summed E-state index contributed by atoms with van der Waals surface area (Å²) in [4.78, 5) is 4.93. The fraction of sp³-hybridized carbons (Fsp3) is 0.533. The Balaban J connectivity index is 1.65. The summed E-state index contributed by atoms with van der Waals surface area (Å²) in [5, 5.41) is 11.5.